The average Bonchev–Trinajstić information content (AvgIpc) is 3.13. The molecular weight excluding hydrogens is 400 g/mol. The molecule has 0 saturated carbocycles. The van der Waals surface area contributed by atoms with Crippen LogP contribution in [0.1, 0.15) is 38.3 Å². The van der Waals surface area contributed by atoms with Gasteiger partial charge in [0.05, 0.1) is 5.41 Å². The quantitative estimate of drug-likeness (QED) is 0.310. The molecule has 3 aromatic rings. The molecule has 0 spiro atoms. The minimum absolute atomic E-state index is 0.0575. The maximum Gasteiger partial charge on any atom is 0.209 e. The van der Waals surface area contributed by atoms with Crippen LogP contribution < -0.4 is 4.90 Å². The summed E-state index contributed by atoms with van der Waals surface area (Å²) < 4.78 is 2.33. The van der Waals surface area contributed by atoms with Gasteiger partial charge in [-0.25, -0.2) is 0 Å². The van der Waals surface area contributed by atoms with Crippen molar-refractivity contribution in [3.8, 4) is 0 Å². The highest BCUT2D eigenvalue weighted by Crippen LogP contribution is 2.48. The third kappa shape index (κ3) is 3.12. The number of likely N-dealkylation sites (N-methyl/N-ethyl adjacent to an activating group) is 1. The minimum atomic E-state index is -0.0696. The summed E-state index contributed by atoms with van der Waals surface area (Å²) in [5.74, 6) is 0. The summed E-state index contributed by atoms with van der Waals surface area (Å²) in [6.45, 7) is 11.0. The van der Waals surface area contributed by atoms with Crippen LogP contribution in [0.3, 0.4) is 0 Å². The molecule has 0 amide bonds. The van der Waals surface area contributed by atoms with Gasteiger partial charge in [0.1, 0.15) is 7.05 Å². The van der Waals surface area contributed by atoms with E-state index in [-0.39, 0.29) is 10.8 Å². The summed E-state index contributed by atoms with van der Waals surface area (Å²) in [6.07, 6.45) is 9.77. The Balaban J connectivity index is 1.55. The van der Waals surface area contributed by atoms with E-state index in [2.05, 4.69) is 130 Å². The number of rotatable bonds is 4. The van der Waals surface area contributed by atoms with Gasteiger partial charge in [0.2, 0.25) is 5.69 Å². The van der Waals surface area contributed by atoms with E-state index in [0.29, 0.717) is 0 Å². The predicted molar refractivity (Wildman–Crippen MR) is 142 cm³/mol. The number of hydrogen-bond acceptors (Lipinski definition) is 1. The van der Waals surface area contributed by atoms with Crippen molar-refractivity contribution in [1.29, 1.82) is 0 Å². The van der Waals surface area contributed by atoms with Gasteiger partial charge in [-0.05, 0) is 47.9 Å². The number of fused-ring (bicyclic) bond motifs is 3. The second-order valence-corrected chi connectivity index (χ2v) is 10.1. The Morgan fingerprint density at radius 2 is 1.61 bits per heavy atom. The molecule has 5 rings (SSSR count). The molecule has 2 heterocycles. The van der Waals surface area contributed by atoms with Crippen LogP contribution in [0.2, 0.25) is 0 Å². The Labute approximate surface area is 197 Å². The molecule has 0 saturated heterocycles. The first-order valence-electron chi connectivity index (χ1n) is 11.8. The molecule has 1 unspecified atom stereocenters. The number of para-hydroxylation sites is 1. The standard InChI is InChI=1S/C31H33N2/c1-7-19-31(4)24-15-10-11-16-26(24)32(5)29(31)18-12-17-28-30(2,3)25-20-22-13-8-9-14-23(22)21-27(25)33(28)6/h7-18,20-21H,1,19H2,2-6H3/q+1. The second-order valence-electron chi connectivity index (χ2n) is 10.1. The predicted octanol–water partition coefficient (Wildman–Crippen LogP) is 7.27. The third-order valence-electron chi connectivity index (χ3n) is 7.75. The molecule has 33 heavy (non-hydrogen) atoms. The average molecular weight is 434 g/mol. The van der Waals surface area contributed by atoms with E-state index in [1.54, 1.807) is 0 Å². The Bertz CT molecular complexity index is 1370. The van der Waals surface area contributed by atoms with Crippen molar-refractivity contribution in [2.45, 2.75) is 38.0 Å². The zero-order valence-corrected chi connectivity index (χ0v) is 20.4. The number of benzene rings is 3. The molecule has 0 radical (unpaired) electrons. The molecule has 0 aromatic heterocycles. The Hall–Kier alpha value is -3.39. The van der Waals surface area contributed by atoms with Crippen LogP contribution in [0.5, 0.6) is 0 Å². The second kappa shape index (κ2) is 7.59. The van der Waals surface area contributed by atoms with Crippen LogP contribution >= 0.6 is 0 Å². The molecule has 2 aliphatic rings. The summed E-state index contributed by atoms with van der Waals surface area (Å²) in [7, 11) is 4.36. The fourth-order valence-electron chi connectivity index (χ4n) is 5.91. The summed E-state index contributed by atoms with van der Waals surface area (Å²) in [6, 6.07) is 22.1. The highest BCUT2D eigenvalue weighted by Gasteiger charge is 2.45. The number of hydrogen-bond donors (Lipinski definition) is 0. The van der Waals surface area contributed by atoms with Crippen molar-refractivity contribution in [1.82, 2.24) is 0 Å². The van der Waals surface area contributed by atoms with Crippen LogP contribution in [-0.2, 0) is 10.8 Å². The number of allylic oxidation sites excluding steroid dienone is 5. The van der Waals surface area contributed by atoms with E-state index in [1.165, 1.54) is 44.7 Å². The molecule has 2 aliphatic heterocycles. The topological polar surface area (TPSA) is 6.25 Å². The van der Waals surface area contributed by atoms with E-state index in [1.807, 2.05) is 6.08 Å². The molecule has 1 atom stereocenters. The minimum Gasteiger partial charge on any atom is -0.347 e. The van der Waals surface area contributed by atoms with Gasteiger partial charge in [0.25, 0.3) is 0 Å². The molecule has 0 fully saturated rings. The van der Waals surface area contributed by atoms with Crippen molar-refractivity contribution in [3.63, 3.8) is 0 Å². The molecular formula is C31H33N2+. The number of anilines is 1. The van der Waals surface area contributed by atoms with E-state index < -0.39 is 0 Å². The first-order valence-corrected chi connectivity index (χ1v) is 11.8. The van der Waals surface area contributed by atoms with Crippen molar-refractivity contribution in [3.05, 3.63) is 108 Å². The normalized spacial score (nSPS) is 22.5. The molecule has 0 bridgehead atoms. The first kappa shape index (κ1) is 21.5. The maximum absolute atomic E-state index is 4.05. The van der Waals surface area contributed by atoms with Gasteiger partial charge in [-0.1, -0.05) is 68.5 Å². The monoisotopic (exact) mass is 433 g/mol. The summed E-state index contributed by atoms with van der Waals surface area (Å²) in [5, 5.41) is 2.59. The van der Waals surface area contributed by atoms with Gasteiger partial charge in [0, 0.05) is 41.6 Å². The largest absolute Gasteiger partial charge is 0.347 e. The van der Waals surface area contributed by atoms with Crippen LogP contribution in [0.25, 0.3) is 10.8 Å². The lowest BCUT2D eigenvalue weighted by molar-refractivity contribution is -0.401. The summed E-state index contributed by atoms with van der Waals surface area (Å²) >= 11 is 0. The Morgan fingerprint density at radius 3 is 2.33 bits per heavy atom. The highest BCUT2D eigenvalue weighted by atomic mass is 15.2. The van der Waals surface area contributed by atoms with E-state index in [0.717, 1.165) is 6.42 Å². The molecule has 166 valence electrons. The van der Waals surface area contributed by atoms with Gasteiger partial charge in [-0.2, -0.15) is 4.58 Å². The highest BCUT2D eigenvalue weighted by molar-refractivity contribution is 6.03. The Kier molecular flexibility index (Phi) is 4.93. The SMILES string of the molecule is C=CCC1(C)C(/C=C/C=C2/N(C)c3cc4ccccc4cc3C2(C)C)=[N+](C)c2ccccc21. The molecule has 3 aromatic carbocycles. The van der Waals surface area contributed by atoms with Gasteiger partial charge < -0.3 is 4.90 Å². The van der Waals surface area contributed by atoms with Crippen LogP contribution in [-0.4, -0.2) is 24.4 Å². The van der Waals surface area contributed by atoms with E-state index in [4.69, 9.17) is 0 Å². The van der Waals surface area contributed by atoms with Gasteiger partial charge in [0.15, 0.2) is 5.71 Å². The zero-order chi connectivity index (χ0) is 23.4. The fourth-order valence-corrected chi connectivity index (χ4v) is 5.91. The first-order chi connectivity index (χ1) is 15.8. The van der Waals surface area contributed by atoms with Crippen LogP contribution in [0.4, 0.5) is 11.4 Å². The Morgan fingerprint density at radius 1 is 0.939 bits per heavy atom. The maximum atomic E-state index is 4.05. The van der Waals surface area contributed by atoms with E-state index >= 15 is 0 Å². The molecule has 0 aliphatic carbocycles. The number of nitrogens with zero attached hydrogens (tertiary/aromatic N) is 2. The van der Waals surface area contributed by atoms with E-state index in [9.17, 15) is 0 Å². The fraction of sp³-hybridized carbons (Fsp3) is 0.258. The van der Waals surface area contributed by atoms with Gasteiger partial charge in [-0.15, -0.1) is 6.58 Å². The van der Waals surface area contributed by atoms with Crippen LogP contribution in [0.15, 0.2) is 97.2 Å². The third-order valence-corrected chi connectivity index (χ3v) is 7.75. The van der Waals surface area contributed by atoms with Crippen molar-refractivity contribution in [2.24, 2.45) is 0 Å². The van der Waals surface area contributed by atoms with Crippen LogP contribution in [0, 0.1) is 0 Å². The molecule has 0 N–H and O–H groups in total. The summed E-state index contributed by atoms with van der Waals surface area (Å²) in [5.41, 5.74) is 7.84. The lowest BCUT2D eigenvalue weighted by atomic mass is 9.76. The zero-order valence-electron chi connectivity index (χ0n) is 20.4. The van der Waals surface area contributed by atoms with Crippen molar-refractivity contribution < 1.29 is 4.58 Å². The lowest BCUT2D eigenvalue weighted by Crippen LogP contribution is -2.30. The summed E-state index contributed by atoms with van der Waals surface area (Å²) in [4.78, 5) is 2.35. The van der Waals surface area contributed by atoms with Crippen molar-refractivity contribution in [2.75, 3.05) is 19.0 Å². The molecule has 2 heteroatoms. The van der Waals surface area contributed by atoms with Gasteiger partial charge >= 0.3 is 0 Å². The van der Waals surface area contributed by atoms with Crippen molar-refractivity contribution >= 4 is 27.9 Å². The lowest BCUT2D eigenvalue weighted by Gasteiger charge is -2.24. The molecule has 2 nitrogen and oxygen atoms in total. The smallest absolute Gasteiger partial charge is 0.209 e. The van der Waals surface area contributed by atoms with Gasteiger partial charge in [-0.3, -0.25) is 0 Å².